The molecule has 0 unspecified atom stereocenters. The molecular formula is C16H14N2O3. The number of carbonyl (C=O) groups excluding carboxylic acids is 2. The smallest absolute Gasteiger partial charge is 0.258 e. The number of aromatic hydroxyl groups is 1. The van der Waals surface area contributed by atoms with Crippen molar-refractivity contribution in [2.24, 2.45) is 0 Å². The maximum absolute atomic E-state index is 12.6. The second-order valence-electron chi connectivity index (χ2n) is 4.96. The first-order chi connectivity index (χ1) is 10.1. The van der Waals surface area contributed by atoms with E-state index in [0.717, 1.165) is 0 Å². The summed E-state index contributed by atoms with van der Waals surface area (Å²) in [6.07, 6.45) is 0. The van der Waals surface area contributed by atoms with Crippen molar-refractivity contribution in [3.05, 3.63) is 53.6 Å². The molecule has 3 rings (SSSR count). The number of amides is 2. The molecule has 2 aromatic carbocycles. The van der Waals surface area contributed by atoms with Crippen molar-refractivity contribution in [3.63, 3.8) is 0 Å². The molecule has 2 amide bonds. The number of fused-ring (bicyclic) bond motifs is 1. The summed E-state index contributed by atoms with van der Waals surface area (Å²) in [5.74, 6) is -0.485. The van der Waals surface area contributed by atoms with Gasteiger partial charge >= 0.3 is 0 Å². The minimum atomic E-state index is -0.312. The van der Waals surface area contributed by atoms with Gasteiger partial charge in [-0.3, -0.25) is 14.5 Å². The van der Waals surface area contributed by atoms with E-state index in [1.807, 2.05) is 6.07 Å². The molecule has 0 fully saturated rings. The number of anilines is 2. The van der Waals surface area contributed by atoms with Crippen LogP contribution in [0.3, 0.4) is 0 Å². The molecular weight excluding hydrogens is 268 g/mol. The number of phenolic OH excluding ortho intramolecular Hbond substituents is 1. The summed E-state index contributed by atoms with van der Waals surface area (Å²) in [6.45, 7) is 1.72. The Hall–Kier alpha value is -2.82. The lowest BCUT2D eigenvalue weighted by Crippen LogP contribution is -2.42. The van der Waals surface area contributed by atoms with E-state index in [1.165, 1.54) is 11.0 Å². The van der Waals surface area contributed by atoms with Crippen LogP contribution in [0, 0.1) is 6.92 Å². The van der Waals surface area contributed by atoms with E-state index in [0.29, 0.717) is 22.5 Å². The Morgan fingerprint density at radius 1 is 1.24 bits per heavy atom. The maximum Gasteiger partial charge on any atom is 0.258 e. The van der Waals surface area contributed by atoms with Gasteiger partial charge in [0.25, 0.3) is 5.91 Å². The van der Waals surface area contributed by atoms with Gasteiger partial charge in [0.1, 0.15) is 12.3 Å². The molecule has 0 aromatic heterocycles. The van der Waals surface area contributed by atoms with Crippen LogP contribution >= 0.6 is 0 Å². The Kier molecular flexibility index (Phi) is 3.10. The Labute approximate surface area is 121 Å². The molecule has 0 aliphatic carbocycles. The molecule has 0 spiro atoms. The van der Waals surface area contributed by atoms with E-state index in [4.69, 9.17) is 0 Å². The van der Waals surface area contributed by atoms with Crippen LogP contribution in [0.2, 0.25) is 0 Å². The molecule has 106 valence electrons. The van der Waals surface area contributed by atoms with Gasteiger partial charge in [0.2, 0.25) is 5.91 Å². The van der Waals surface area contributed by atoms with Crippen LogP contribution in [0.4, 0.5) is 11.4 Å². The van der Waals surface area contributed by atoms with Crippen LogP contribution in [-0.2, 0) is 4.79 Å². The van der Waals surface area contributed by atoms with Crippen LogP contribution in [0.15, 0.2) is 42.5 Å². The summed E-state index contributed by atoms with van der Waals surface area (Å²) in [4.78, 5) is 25.8. The number of phenols is 1. The van der Waals surface area contributed by atoms with E-state index in [2.05, 4.69) is 5.32 Å². The molecule has 1 heterocycles. The molecule has 0 atom stereocenters. The molecule has 0 saturated heterocycles. The Bertz CT molecular complexity index is 740. The van der Waals surface area contributed by atoms with E-state index in [1.54, 1.807) is 37.3 Å². The van der Waals surface area contributed by atoms with Gasteiger partial charge in [0.05, 0.1) is 11.4 Å². The van der Waals surface area contributed by atoms with Crippen molar-refractivity contribution in [2.75, 3.05) is 16.8 Å². The number of benzene rings is 2. The largest absolute Gasteiger partial charge is 0.508 e. The van der Waals surface area contributed by atoms with Gasteiger partial charge in [0.15, 0.2) is 0 Å². The zero-order valence-electron chi connectivity index (χ0n) is 11.5. The van der Waals surface area contributed by atoms with Crippen molar-refractivity contribution in [2.45, 2.75) is 6.92 Å². The first kappa shape index (κ1) is 13.2. The SMILES string of the molecule is Cc1ccc(C(=O)N2CC(=O)Nc3ccccc32)cc1O. The molecule has 5 nitrogen and oxygen atoms in total. The van der Waals surface area contributed by atoms with Gasteiger partial charge in [-0.1, -0.05) is 18.2 Å². The molecule has 2 aromatic rings. The molecule has 21 heavy (non-hydrogen) atoms. The molecule has 1 aliphatic heterocycles. The van der Waals surface area contributed by atoms with Gasteiger partial charge in [-0.25, -0.2) is 0 Å². The Morgan fingerprint density at radius 3 is 2.76 bits per heavy atom. The molecule has 0 saturated carbocycles. The van der Waals surface area contributed by atoms with Crippen molar-refractivity contribution < 1.29 is 14.7 Å². The van der Waals surface area contributed by atoms with Crippen LogP contribution in [-0.4, -0.2) is 23.5 Å². The first-order valence-electron chi connectivity index (χ1n) is 6.56. The van der Waals surface area contributed by atoms with Gasteiger partial charge in [-0.15, -0.1) is 0 Å². The van der Waals surface area contributed by atoms with Crippen LogP contribution in [0.1, 0.15) is 15.9 Å². The minimum absolute atomic E-state index is 0.0372. The molecule has 0 bridgehead atoms. The minimum Gasteiger partial charge on any atom is -0.508 e. The average molecular weight is 282 g/mol. The second kappa shape index (κ2) is 4.94. The maximum atomic E-state index is 12.6. The monoisotopic (exact) mass is 282 g/mol. The molecule has 0 radical (unpaired) electrons. The highest BCUT2D eigenvalue weighted by molar-refractivity contribution is 6.15. The fourth-order valence-electron chi connectivity index (χ4n) is 2.31. The lowest BCUT2D eigenvalue weighted by molar-refractivity contribution is -0.115. The highest BCUT2D eigenvalue weighted by Crippen LogP contribution is 2.30. The summed E-state index contributed by atoms with van der Waals surface area (Å²) in [5.41, 5.74) is 2.31. The van der Waals surface area contributed by atoms with E-state index in [9.17, 15) is 14.7 Å². The third kappa shape index (κ3) is 2.33. The van der Waals surface area contributed by atoms with Gasteiger partial charge in [-0.2, -0.15) is 0 Å². The topological polar surface area (TPSA) is 69.6 Å². The number of carbonyl (C=O) groups is 2. The highest BCUT2D eigenvalue weighted by Gasteiger charge is 2.27. The zero-order chi connectivity index (χ0) is 15.0. The van der Waals surface area contributed by atoms with Crippen molar-refractivity contribution in [1.82, 2.24) is 0 Å². The number of aryl methyl sites for hydroxylation is 1. The lowest BCUT2D eigenvalue weighted by Gasteiger charge is -2.29. The van der Waals surface area contributed by atoms with Gasteiger partial charge in [0, 0.05) is 5.56 Å². The fourth-order valence-corrected chi connectivity index (χ4v) is 2.31. The lowest BCUT2D eigenvalue weighted by atomic mass is 10.1. The van der Waals surface area contributed by atoms with Crippen LogP contribution in [0.5, 0.6) is 5.75 Å². The van der Waals surface area contributed by atoms with Crippen LogP contribution < -0.4 is 10.2 Å². The quantitative estimate of drug-likeness (QED) is 0.843. The number of nitrogens with one attached hydrogen (secondary N) is 1. The number of rotatable bonds is 1. The van der Waals surface area contributed by atoms with Gasteiger partial charge < -0.3 is 10.4 Å². The summed E-state index contributed by atoms with van der Waals surface area (Å²) in [7, 11) is 0. The molecule has 5 heteroatoms. The summed E-state index contributed by atoms with van der Waals surface area (Å²) in [5, 5.41) is 12.5. The zero-order valence-corrected chi connectivity index (χ0v) is 11.5. The third-order valence-electron chi connectivity index (χ3n) is 3.47. The average Bonchev–Trinajstić information content (AvgIpc) is 2.48. The summed E-state index contributed by atoms with van der Waals surface area (Å²) in [6, 6.07) is 11.9. The number of nitrogens with zero attached hydrogens (tertiary/aromatic N) is 1. The van der Waals surface area contributed by atoms with Crippen molar-refractivity contribution in [3.8, 4) is 5.75 Å². The summed E-state index contributed by atoms with van der Waals surface area (Å²) >= 11 is 0. The van der Waals surface area contributed by atoms with Crippen LogP contribution in [0.25, 0.3) is 0 Å². The summed E-state index contributed by atoms with van der Waals surface area (Å²) < 4.78 is 0. The number of hydrogen-bond donors (Lipinski definition) is 2. The predicted octanol–water partition coefficient (Wildman–Crippen LogP) is 2.30. The first-order valence-corrected chi connectivity index (χ1v) is 6.56. The fraction of sp³-hybridized carbons (Fsp3) is 0.125. The van der Waals surface area contributed by atoms with Gasteiger partial charge in [-0.05, 0) is 36.8 Å². The second-order valence-corrected chi connectivity index (χ2v) is 4.96. The van der Waals surface area contributed by atoms with Crippen molar-refractivity contribution in [1.29, 1.82) is 0 Å². The molecule has 2 N–H and O–H groups in total. The highest BCUT2D eigenvalue weighted by atomic mass is 16.3. The number of hydrogen-bond acceptors (Lipinski definition) is 3. The Balaban J connectivity index is 2.01. The third-order valence-corrected chi connectivity index (χ3v) is 3.47. The van der Waals surface area contributed by atoms with Crippen molar-refractivity contribution >= 4 is 23.2 Å². The molecule has 1 aliphatic rings. The van der Waals surface area contributed by atoms with E-state index >= 15 is 0 Å². The predicted molar refractivity (Wildman–Crippen MR) is 79.6 cm³/mol. The Morgan fingerprint density at radius 2 is 2.00 bits per heavy atom. The van der Waals surface area contributed by atoms with E-state index in [-0.39, 0.29) is 24.1 Å². The standard InChI is InChI=1S/C16H14N2O3/c1-10-6-7-11(8-14(10)19)16(21)18-9-15(20)17-12-4-2-3-5-13(12)18/h2-8,19H,9H2,1H3,(H,17,20). The van der Waals surface area contributed by atoms with E-state index < -0.39 is 0 Å². The number of para-hydroxylation sites is 2. The normalized spacial score (nSPS) is 13.6.